The second-order valence-electron chi connectivity index (χ2n) is 4.09. The lowest BCUT2D eigenvalue weighted by Crippen LogP contribution is -2.23. The van der Waals surface area contributed by atoms with Gasteiger partial charge >= 0.3 is 0 Å². The van der Waals surface area contributed by atoms with Crippen molar-refractivity contribution in [2.24, 2.45) is 5.73 Å². The Labute approximate surface area is 83.1 Å². The summed E-state index contributed by atoms with van der Waals surface area (Å²) < 4.78 is 14.0. The number of rotatable bonds is 5. The fraction of sp³-hybridized carbons (Fsp3) is 0.700. The summed E-state index contributed by atoms with van der Waals surface area (Å²) in [7, 11) is 0. The van der Waals surface area contributed by atoms with Crippen molar-refractivity contribution in [2.75, 3.05) is 6.67 Å². The van der Waals surface area contributed by atoms with Gasteiger partial charge in [0.1, 0.15) is 12.5 Å². The van der Waals surface area contributed by atoms with Crippen molar-refractivity contribution in [1.29, 1.82) is 0 Å². The van der Waals surface area contributed by atoms with Gasteiger partial charge in [0, 0.05) is 24.4 Å². The Hall–Kier alpha value is -0.900. The van der Waals surface area contributed by atoms with Crippen molar-refractivity contribution >= 4 is 0 Å². The SMILES string of the molecule is NC1(CCc2nccn2CCF)CC1. The summed E-state index contributed by atoms with van der Waals surface area (Å²) in [6, 6.07) is 0. The maximum atomic E-state index is 12.1. The van der Waals surface area contributed by atoms with E-state index in [9.17, 15) is 4.39 Å². The largest absolute Gasteiger partial charge is 0.332 e. The third-order valence-corrected chi connectivity index (χ3v) is 2.87. The molecule has 1 heterocycles. The van der Waals surface area contributed by atoms with Crippen LogP contribution in [-0.2, 0) is 13.0 Å². The number of aromatic nitrogens is 2. The number of imidazole rings is 1. The Bertz CT molecular complexity index is 304. The molecule has 0 spiro atoms. The van der Waals surface area contributed by atoms with Crippen LogP contribution in [0.5, 0.6) is 0 Å². The van der Waals surface area contributed by atoms with E-state index in [-0.39, 0.29) is 12.2 Å². The van der Waals surface area contributed by atoms with Crippen LogP contribution < -0.4 is 5.73 Å². The van der Waals surface area contributed by atoms with Gasteiger partial charge in [-0.1, -0.05) is 0 Å². The lowest BCUT2D eigenvalue weighted by Gasteiger charge is -2.09. The molecule has 0 saturated heterocycles. The average Bonchev–Trinajstić information content (AvgIpc) is 2.75. The van der Waals surface area contributed by atoms with Crippen molar-refractivity contribution in [3.8, 4) is 0 Å². The molecule has 0 bridgehead atoms. The van der Waals surface area contributed by atoms with E-state index in [1.807, 2.05) is 10.8 Å². The van der Waals surface area contributed by atoms with Crippen LogP contribution in [0.1, 0.15) is 25.1 Å². The van der Waals surface area contributed by atoms with Gasteiger partial charge in [-0.3, -0.25) is 0 Å². The molecule has 2 N–H and O–H groups in total. The van der Waals surface area contributed by atoms with Crippen LogP contribution in [0, 0.1) is 0 Å². The summed E-state index contributed by atoms with van der Waals surface area (Å²) in [5.41, 5.74) is 6.04. The predicted octanol–water partition coefficient (Wildman–Crippen LogP) is 1.28. The predicted molar refractivity (Wildman–Crippen MR) is 52.7 cm³/mol. The second-order valence-corrected chi connectivity index (χ2v) is 4.09. The number of hydrogen-bond donors (Lipinski definition) is 1. The van der Waals surface area contributed by atoms with Gasteiger partial charge < -0.3 is 10.3 Å². The molecular weight excluding hydrogens is 181 g/mol. The van der Waals surface area contributed by atoms with Crippen molar-refractivity contribution in [1.82, 2.24) is 9.55 Å². The highest BCUT2D eigenvalue weighted by atomic mass is 19.1. The first-order valence-electron chi connectivity index (χ1n) is 5.08. The summed E-state index contributed by atoms with van der Waals surface area (Å²) in [4.78, 5) is 4.21. The highest BCUT2D eigenvalue weighted by Crippen LogP contribution is 2.36. The molecular formula is C10H16FN3. The standard InChI is InChI=1S/C10H16FN3/c11-5-7-14-8-6-13-9(14)1-2-10(12)3-4-10/h6,8H,1-5,7,12H2. The van der Waals surface area contributed by atoms with E-state index in [0.29, 0.717) is 6.54 Å². The molecule has 1 fully saturated rings. The monoisotopic (exact) mass is 197 g/mol. The van der Waals surface area contributed by atoms with Crippen molar-refractivity contribution in [3.63, 3.8) is 0 Å². The van der Waals surface area contributed by atoms with Gasteiger partial charge in [0.25, 0.3) is 0 Å². The van der Waals surface area contributed by atoms with E-state index in [1.54, 1.807) is 6.20 Å². The van der Waals surface area contributed by atoms with Crippen molar-refractivity contribution < 1.29 is 4.39 Å². The zero-order chi connectivity index (χ0) is 10.0. The third kappa shape index (κ3) is 2.12. The van der Waals surface area contributed by atoms with Crippen molar-refractivity contribution in [2.45, 2.75) is 37.8 Å². The van der Waals surface area contributed by atoms with Crippen LogP contribution in [0.15, 0.2) is 12.4 Å². The topological polar surface area (TPSA) is 43.8 Å². The first-order valence-corrected chi connectivity index (χ1v) is 5.08. The maximum absolute atomic E-state index is 12.1. The Morgan fingerprint density at radius 2 is 2.36 bits per heavy atom. The molecule has 1 aliphatic carbocycles. The van der Waals surface area contributed by atoms with Crippen molar-refractivity contribution in [3.05, 3.63) is 18.2 Å². The fourth-order valence-electron chi connectivity index (χ4n) is 1.63. The van der Waals surface area contributed by atoms with Crippen LogP contribution in [0.3, 0.4) is 0 Å². The van der Waals surface area contributed by atoms with E-state index in [2.05, 4.69) is 4.98 Å². The third-order valence-electron chi connectivity index (χ3n) is 2.87. The first kappa shape index (κ1) is 9.65. The second kappa shape index (κ2) is 3.69. The molecule has 0 unspecified atom stereocenters. The van der Waals surface area contributed by atoms with Gasteiger partial charge in [0.05, 0.1) is 6.54 Å². The van der Waals surface area contributed by atoms with Gasteiger partial charge in [0.2, 0.25) is 0 Å². The minimum absolute atomic E-state index is 0.0620. The Morgan fingerprint density at radius 1 is 1.57 bits per heavy atom. The van der Waals surface area contributed by atoms with Crippen LogP contribution in [0.25, 0.3) is 0 Å². The summed E-state index contributed by atoms with van der Waals surface area (Å²) in [6.07, 6.45) is 7.62. The first-order chi connectivity index (χ1) is 6.73. The molecule has 3 nitrogen and oxygen atoms in total. The average molecular weight is 197 g/mol. The van der Waals surface area contributed by atoms with Crippen LogP contribution >= 0.6 is 0 Å². The molecule has 0 radical (unpaired) electrons. The van der Waals surface area contributed by atoms with Gasteiger partial charge in [0.15, 0.2) is 0 Å². The molecule has 0 amide bonds. The molecule has 2 rings (SSSR count). The normalized spacial score (nSPS) is 18.4. The molecule has 1 saturated carbocycles. The molecule has 0 atom stereocenters. The number of nitrogens with two attached hydrogens (primary N) is 1. The lowest BCUT2D eigenvalue weighted by atomic mass is 10.1. The quantitative estimate of drug-likeness (QED) is 0.772. The molecule has 1 aliphatic rings. The summed E-state index contributed by atoms with van der Waals surface area (Å²) in [5, 5.41) is 0. The smallest absolute Gasteiger partial charge is 0.108 e. The van der Waals surface area contributed by atoms with E-state index in [1.165, 1.54) is 0 Å². The highest BCUT2D eigenvalue weighted by molar-refractivity contribution is 5.02. The molecule has 14 heavy (non-hydrogen) atoms. The van der Waals surface area contributed by atoms with Crippen LogP contribution in [0.2, 0.25) is 0 Å². The van der Waals surface area contributed by atoms with Gasteiger partial charge in [-0.2, -0.15) is 0 Å². The van der Waals surface area contributed by atoms with E-state index < -0.39 is 0 Å². The van der Waals surface area contributed by atoms with Gasteiger partial charge in [-0.15, -0.1) is 0 Å². The molecule has 1 aromatic rings. The molecule has 1 aromatic heterocycles. The zero-order valence-electron chi connectivity index (χ0n) is 8.25. The summed E-state index contributed by atoms with van der Waals surface area (Å²) in [5.74, 6) is 0.958. The van der Waals surface area contributed by atoms with Gasteiger partial charge in [-0.05, 0) is 19.3 Å². The number of halogens is 1. The molecule has 78 valence electrons. The number of alkyl halides is 1. The Morgan fingerprint density at radius 3 is 3.00 bits per heavy atom. The van der Waals surface area contributed by atoms with Crippen LogP contribution in [0.4, 0.5) is 4.39 Å². The Kier molecular flexibility index (Phi) is 2.54. The Balaban J connectivity index is 1.91. The highest BCUT2D eigenvalue weighted by Gasteiger charge is 2.37. The number of nitrogens with zero attached hydrogens (tertiary/aromatic N) is 2. The van der Waals surface area contributed by atoms with E-state index in [4.69, 9.17) is 5.73 Å². The minimum Gasteiger partial charge on any atom is -0.332 e. The molecule has 0 aromatic carbocycles. The minimum atomic E-state index is -0.336. The molecule has 4 heteroatoms. The van der Waals surface area contributed by atoms with Crippen LogP contribution in [-0.4, -0.2) is 21.8 Å². The zero-order valence-corrected chi connectivity index (χ0v) is 8.25. The fourth-order valence-corrected chi connectivity index (χ4v) is 1.63. The summed E-state index contributed by atoms with van der Waals surface area (Å²) >= 11 is 0. The van der Waals surface area contributed by atoms with E-state index in [0.717, 1.165) is 31.5 Å². The van der Waals surface area contributed by atoms with Gasteiger partial charge in [-0.25, -0.2) is 9.37 Å². The van der Waals surface area contributed by atoms with E-state index >= 15 is 0 Å². The number of hydrogen-bond acceptors (Lipinski definition) is 2. The summed E-state index contributed by atoms with van der Waals surface area (Å²) in [6.45, 7) is 0.0734. The lowest BCUT2D eigenvalue weighted by molar-refractivity contribution is 0.436. The maximum Gasteiger partial charge on any atom is 0.108 e. The number of aryl methyl sites for hydroxylation is 2. The molecule has 0 aliphatic heterocycles.